The molecule has 0 radical (unpaired) electrons. The Morgan fingerprint density at radius 1 is 0.815 bits per heavy atom. The van der Waals surface area contributed by atoms with E-state index in [1.165, 1.54) is 61.7 Å². The number of anilines is 3. The summed E-state index contributed by atoms with van der Waals surface area (Å²) in [7, 11) is -3.47. The molecule has 4 aromatic carbocycles. The van der Waals surface area contributed by atoms with E-state index in [1.54, 1.807) is 50.2 Å². The molecule has 1 aliphatic heterocycles. The number of amidine groups is 1. The lowest BCUT2D eigenvalue weighted by Crippen LogP contribution is -2.36. The highest BCUT2D eigenvalue weighted by Gasteiger charge is 2.41. The Balaban J connectivity index is 1.31. The minimum absolute atomic E-state index is 0.0379. The van der Waals surface area contributed by atoms with Gasteiger partial charge in [0.2, 0.25) is 5.91 Å². The molecule has 3 amide bonds. The maximum atomic E-state index is 14.4. The summed E-state index contributed by atoms with van der Waals surface area (Å²) in [5, 5.41) is 6.52. The van der Waals surface area contributed by atoms with E-state index in [2.05, 4.69) is 23.0 Å². The van der Waals surface area contributed by atoms with Crippen molar-refractivity contribution in [3.8, 4) is 5.75 Å². The third-order valence-electron chi connectivity index (χ3n) is 10.7. The predicted octanol–water partition coefficient (Wildman–Crippen LogP) is 13.0. The van der Waals surface area contributed by atoms with Gasteiger partial charge in [-0.15, -0.1) is 11.8 Å². The molecule has 1 fully saturated rings. The monoisotopic (exact) mass is 1000 g/mol. The minimum atomic E-state index is -3.47. The molecule has 0 spiro atoms. The van der Waals surface area contributed by atoms with Gasteiger partial charge in [-0.05, 0) is 81.3 Å². The van der Waals surface area contributed by atoms with Crippen LogP contribution >= 0.6 is 58.2 Å². The first-order chi connectivity index (χ1) is 31.0. The highest BCUT2D eigenvalue weighted by Crippen LogP contribution is 2.41. The first-order valence-corrected chi connectivity index (χ1v) is 26.1. The van der Waals surface area contributed by atoms with Gasteiger partial charge in [0.1, 0.15) is 22.5 Å². The molecule has 1 saturated heterocycles. The molecule has 0 aromatic heterocycles. The summed E-state index contributed by atoms with van der Waals surface area (Å²) in [5.74, 6) is -1.74. The van der Waals surface area contributed by atoms with Crippen LogP contribution in [0.25, 0.3) is 0 Å². The summed E-state index contributed by atoms with van der Waals surface area (Å²) in [6, 6.07) is 20.3. The number of ether oxygens (including phenoxy) is 1. The van der Waals surface area contributed by atoms with Gasteiger partial charge in [0.05, 0.1) is 37.9 Å². The van der Waals surface area contributed by atoms with Gasteiger partial charge < -0.3 is 15.4 Å². The number of unbranched alkanes of at least 4 members (excludes halogenated alkanes) is 9. The fourth-order valence-electron chi connectivity index (χ4n) is 7.20. The van der Waals surface area contributed by atoms with Crippen LogP contribution in [0.4, 0.5) is 22.7 Å². The second-order valence-electron chi connectivity index (χ2n) is 16.4. The van der Waals surface area contributed by atoms with Crippen molar-refractivity contribution in [3.05, 3.63) is 104 Å². The fraction of sp³-hybridized carbons (Fsp3) is 0.417. The van der Waals surface area contributed by atoms with Crippen molar-refractivity contribution in [3.63, 3.8) is 0 Å². The molecule has 0 saturated carbocycles. The maximum absolute atomic E-state index is 14.4. The topological polar surface area (TPSA) is 146 Å². The Bertz CT molecular complexity index is 2450. The largest absolute Gasteiger partial charge is 0.481 e. The summed E-state index contributed by atoms with van der Waals surface area (Å²) >= 11 is 27.2. The van der Waals surface area contributed by atoms with Crippen molar-refractivity contribution in [1.29, 1.82) is 0 Å². The summed E-state index contributed by atoms with van der Waals surface area (Å²) < 4.78 is 32.0. The van der Waals surface area contributed by atoms with Crippen LogP contribution in [0.1, 0.15) is 96.1 Å². The van der Waals surface area contributed by atoms with E-state index in [0.29, 0.717) is 28.4 Å². The molecule has 0 bridgehead atoms. The number of halogens is 4. The number of rotatable bonds is 23. The first-order valence-electron chi connectivity index (χ1n) is 21.9. The smallest absolute Gasteiger partial charge is 0.267 e. The number of nitrogens with zero attached hydrogens (tertiary/aromatic N) is 2. The van der Waals surface area contributed by atoms with Crippen molar-refractivity contribution in [1.82, 2.24) is 5.43 Å². The summed E-state index contributed by atoms with van der Waals surface area (Å²) in [4.78, 5) is 46.6. The number of benzene rings is 4. The van der Waals surface area contributed by atoms with Gasteiger partial charge in [-0.1, -0.05) is 148 Å². The number of carbonyl (C=O) groups excluding carboxylic acids is 3. The van der Waals surface area contributed by atoms with E-state index in [4.69, 9.17) is 56.1 Å². The number of thioether (sulfide) groups is 1. The average molecular weight is 1010 g/mol. The first kappa shape index (κ1) is 52.0. The number of aliphatic imine (C=N–C) groups is 1. The second-order valence-corrected chi connectivity index (χ2v) is 21.4. The summed E-state index contributed by atoms with van der Waals surface area (Å²) in [6.07, 6.45) is 10.1. The number of amides is 3. The standard InChI is InChI=1S/C48H57Cl4N5O6S2/c1-6-7-8-9-10-11-12-13-14-17-24-65(61,62)29-32(4)46(58)53-35-21-22-36(50)40(28-35)54-45-44(48(60)57(56-45)43-37(51)26-34(49)27-38(43)52)64-42-19-16-15-18-39(42)55-47(59)33(5)63-41-23-20-30(2)25-31(41)3/h15-16,18-23,25-28,32-33,44H,6-14,17,24,29H2,1-5H3,(H,53,58)(H,54,56)(H,55,59). The third kappa shape index (κ3) is 15.3. The van der Waals surface area contributed by atoms with Crippen LogP contribution in [0.3, 0.4) is 0 Å². The molecule has 0 aliphatic carbocycles. The van der Waals surface area contributed by atoms with Crippen molar-refractivity contribution in [2.24, 2.45) is 10.9 Å². The van der Waals surface area contributed by atoms with Crippen molar-refractivity contribution >= 4 is 114 Å². The highest BCUT2D eigenvalue weighted by atomic mass is 35.5. The molecule has 3 atom stereocenters. The zero-order valence-electron chi connectivity index (χ0n) is 37.3. The lowest BCUT2D eigenvalue weighted by atomic mass is 10.1. The van der Waals surface area contributed by atoms with E-state index in [0.717, 1.165) is 42.2 Å². The molecule has 17 heteroatoms. The lowest BCUT2D eigenvalue weighted by molar-refractivity contribution is -0.122. The molecule has 350 valence electrons. The molecule has 1 aliphatic rings. The number of hydrogen-bond donors (Lipinski definition) is 3. The van der Waals surface area contributed by atoms with Crippen LogP contribution in [0.5, 0.6) is 5.75 Å². The molecular formula is C48H57Cl4N5O6S2. The fourth-order valence-corrected chi connectivity index (χ4v) is 11.1. The number of para-hydroxylation sites is 1. The molecule has 11 nitrogen and oxygen atoms in total. The number of hydrogen-bond acceptors (Lipinski definition) is 8. The summed E-state index contributed by atoms with van der Waals surface area (Å²) in [5.41, 5.74) is 6.09. The van der Waals surface area contributed by atoms with E-state index in [9.17, 15) is 22.8 Å². The average Bonchev–Trinajstić information content (AvgIpc) is 3.53. The number of aryl methyl sites for hydroxylation is 2. The van der Waals surface area contributed by atoms with Gasteiger partial charge in [0.15, 0.2) is 15.9 Å². The van der Waals surface area contributed by atoms with Crippen LogP contribution in [-0.4, -0.2) is 54.8 Å². The van der Waals surface area contributed by atoms with Crippen molar-refractivity contribution in [2.75, 3.05) is 27.1 Å². The van der Waals surface area contributed by atoms with E-state index < -0.39 is 44.8 Å². The van der Waals surface area contributed by atoms with Gasteiger partial charge >= 0.3 is 0 Å². The van der Waals surface area contributed by atoms with Crippen LogP contribution in [0.2, 0.25) is 20.1 Å². The molecule has 65 heavy (non-hydrogen) atoms. The van der Waals surface area contributed by atoms with Gasteiger partial charge in [0.25, 0.3) is 11.8 Å². The number of nitrogens with one attached hydrogen (secondary N) is 3. The molecule has 1 heterocycles. The Morgan fingerprint density at radius 3 is 2.12 bits per heavy atom. The van der Waals surface area contributed by atoms with E-state index >= 15 is 0 Å². The Hall–Kier alpha value is -3.98. The Morgan fingerprint density at radius 2 is 1.46 bits per heavy atom. The summed E-state index contributed by atoms with van der Waals surface area (Å²) in [6.45, 7) is 9.33. The normalized spacial score (nSPS) is 15.5. The SMILES string of the molecule is CCCCCCCCCCCCS(=O)(=O)CC(C)C(=O)Nc1ccc(Cl)c(N=C2NN(c3c(Cl)cc(Cl)cc3Cl)C(=O)C2Sc2ccccc2NC(=O)C(C)Oc2ccc(C)cc2C)c1. The lowest BCUT2D eigenvalue weighted by Gasteiger charge is -2.19. The van der Waals surface area contributed by atoms with Crippen molar-refractivity contribution < 1.29 is 27.5 Å². The Labute approximate surface area is 407 Å². The number of hydrazine groups is 1. The molecule has 3 N–H and O–H groups in total. The van der Waals surface area contributed by atoms with Crippen molar-refractivity contribution in [2.45, 2.75) is 115 Å². The zero-order chi connectivity index (χ0) is 47.3. The third-order valence-corrected chi connectivity index (χ3v) is 15.0. The zero-order valence-corrected chi connectivity index (χ0v) is 42.0. The van der Waals surface area contributed by atoms with Crippen LogP contribution in [0, 0.1) is 19.8 Å². The highest BCUT2D eigenvalue weighted by molar-refractivity contribution is 8.01. The number of carbonyl (C=O) groups is 3. The molecule has 4 aromatic rings. The molecule has 5 rings (SSSR count). The number of sulfone groups is 1. The maximum Gasteiger partial charge on any atom is 0.267 e. The Kier molecular flexibility index (Phi) is 19.8. The second kappa shape index (κ2) is 24.7. The molecule has 3 unspecified atom stereocenters. The molecular weight excluding hydrogens is 949 g/mol. The minimum Gasteiger partial charge on any atom is -0.481 e. The van der Waals surface area contributed by atoms with Gasteiger partial charge in [0, 0.05) is 21.5 Å². The van der Waals surface area contributed by atoms with Gasteiger partial charge in [-0.25, -0.2) is 18.4 Å². The van der Waals surface area contributed by atoms with E-state index in [-0.39, 0.29) is 48.8 Å². The predicted molar refractivity (Wildman–Crippen MR) is 270 cm³/mol. The van der Waals surface area contributed by atoms with Gasteiger partial charge in [-0.2, -0.15) is 0 Å². The van der Waals surface area contributed by atoms with Crippen LogP contribution in [-0.2, 0) is 24.2 Å². The quantitative estimate of drug-likeness (QED) is 0.0623. The van der Waals surface area contributed by atoms with E-state index in [1.807, 2.05) is 32.0 Å². The van der Waals surface area contributed by atoms with Gasteiger partial charge in [-0.3, -0.25) is 19.8 Å². The van der Waals surface area contributed by atoms with Crippen LogP contribution < -0.4 is 25.8 Å². The van der Waals surface area contributed by atoms with Crippen LogP contribution in [0.15, 0.2) is 82.7 Å².